The lowest BCUT2D eigenvalue weighted by atomic mass is 10.2. The predicted molar refractivity (Wildman–Crippen MR) is 56.7 cm³/mol. The van der Waals surface area contributed by atoms with E-state index in [1.165, 1.54) is 0 Å². The minimum Gasteiger partial charge on any atom is -0.444 e. The summed E-state index contributed by atoms with van der Waals surface area (Å²) in [5.74, 6) is 0. The van der Waals surface area contributed by atoms with Gasteiger partial charge < -0.3 is 20.5 Å². The smallest absolute Gasteiger partial charge is 0.407 e. The fourth-order valence-corrected chi connectivity index (χ4v) is 1.47. The summed E-state index contributed by atoms with van der Waals surface area (Å²) in [6.07, 6.45) is -0.0796. The van der Waals surface area contributed by atoms with Crippen molar-refractivity contribution >= 4 is 6.09 Å². The van der Waals surface area contributed by atoms with Crippen LogP contribution in [0.5, 0.6) is 0 Å². The summed E-state index contributed by atoms with van der Waals surface area (Å²) in [5.41, 5.74) is -0.480. The normalized spacial score (nSPS) is 26.4. The number of aliphatic hydroxyl groups is 1. The van der Waals surface area contributed by atoms with Gasteiger partial charge >= 0.3 is 6.09 Å². The van der Waals surface area contributed by atoms with Crippen LogP contribution in [0.2, 0.25) is 0 Å². The van der Waals surface area contributed by atoms with Crippen molar-refractivity contribution in [2.75, 3.05) is 13.1 Å². The Bertz CT molecular complexity index is 225. The largest absolute Gasteiger partial charge is 0.444 e. The van der Waals surface area contributed by atoms with Gasteiger partial charge in [0.05, 0.1) is 12.1 Å². The predicted octanol–water partition coefficient (Wildman–Crippen LogP) is 0.234. The van der Waals surface area contributed by atoms with Gasteiger partial charge in [-0.3, -0.25) is 0 Å². The highest BCUT2D eigenvalue weighted by Gasteiger charge is 2.25. The van der Waals surface area contributed by atoms with Crippen molar-refractivity contribution in [3.05, 3.63) is 0 Å². The minimum absolute atomic E-state index is 0.0579. The van der Waals surface area contributed by atoms with Gasteiger partial charge in [0.1, 0.15) is 5.60 Å². The van der Waals surface area contributed by atoms with E-state index in [1.54, 1.807) is 0 Å². The van der Waals surface area contributed by atoms with Crippen LogP contribution in [0.4, 0.5) is 4.79 Å². The first-order valence-corrected chi connectivity index (χ1v) is 5.27. The molecule has 0 radical (unpaired) electrons. The lowest BCUT2D eigenvalue weighted by Crippen LogP contribution is -2.43. The molecule has 88 valence electrons. The Morgan fingerprint density at radius 3 is 2.73 bits per heavy atom. The zero-order chi connectivity index (χ0) is 11.5. The quantitative estimate of drug-likeness (QED) is 0.618. The van der Waals surface area contributed by atoms with E-state index in [0.29, 0.717) is 6.54 Å². The third-order valence-electron chi connectivity index (χ3n) is 2.18. The summed E-state index contributed by atoms with van der Waals surface area (Å²) in [5, 5.41) is 15.2. The Hall–Kier alpha value is -0.810. The van der Waals surface area contributed by atoms with Crippen LogP contribution in [0.25, 0.3) is 0 Å². The highest BCUT2D eigenvalue weighted by Crippen LogP contribution is 2.08. The molecule has 0 aliphatic carbocycles. The topological polar surface area (TPSA) is 70.6 Å². The lowest BCUT2D eigenvalue weighted by Gasteiger charge is -2.21. The monoisotopic (exact) mass is 216 g/mol. The lowest BCUT2D eigenvalue weighted by molar-refractivity contribution is 0.0513. The number of nitrogens with one attached hydrogen (secondary N) is 2. The average molecular weight is 216 g/mol. The second-order valence-electron chi connectivity index (χ2n) is 4.80. The molecule has 5 nitrogen and oxygen atoms in total. The van der Waals surface area contributed by atoms with Crippen molar-refractivity contribution in [2.24, 2.45) is 0 Å². The van der Waals surface area contributed by atoms with Crippen molar-refractivity contribution in [2.45, 2.75) is 44.9 Å². The van der Waals surface area contributed by atoms with Gasteiger partial charge in [0.15, 0.2) is 0 Å². The molecule has 0 spiro atoms. The molecule has 0 saturated carbocycles. The molecule has 0 bridgehead atoms. The molecule has 1 aliphatic rings. The first kappa shape index (κ1) is 12.3. The summed E-state index contributed by atoms with van der Waals surface area (Å²) < 4.78 is 5.07. The number of rotatable bonds is 2. The number of hydrogen-bond donors (Lipinski definition) is 3. The molecular weight excluding hydrogens is 196 g/mol. The average Bonchev–Trinajstić information content (AvgIpc) is 2.44. The van der Waals surface area contributed by atoms with Gasteiger partial charge in [-0.15, -0.1) is 0 Å². The molecule has 15 heavy (non-hydrogen) atoms. The number of aliphatic hydroxyl groups excluding tert-OH is 1. The van der Waals surface area contributed by atoms with Gasteiger partial charge in [-0.05, 0) is 33.7 Å². The molecule has 1 rings (SSSR count). The summed E-state index contributed by atoms with van der Waals surface area (Å²) in [4.78, 5) is 11.3. The zero-order valence-electron chi connectivity index (χ0n) is 9.54. The van der Waals surface area contributed by atoms with Crippen molar-refractivity contribution in [1.82, 2.24) is 10.6 Å². The van der Waals surface area contributed by atoms with Gasteiger partial charge in [-0.2, -0.15) is 0 Å². The first-order valence-electron chi connectivity index (χ1n) is 5.27. The number of alkyl carbamates (subject to hydrolysis) is 1. The van der Waals surface area contributed by atoms with E-state index in [2.05, 4.69) is 10.6 Å². The Morgan fingerprint density at radius 2 is 2.27 bits per heavy atom. The van der Waals surface area contributed by atoms with Crippen LogP contribution in [-0.4, -0.2) is 42.0 Å². The van der Waals surface area contributed by atoms with Gasteiger partial charge in [-0.25, -0.2) is 4.79 Å². The zero-order valence-corrected chi connectivity index (χ0v) is 9.54. The molecule has 3 N–H and O–H groups in total. The molecule has 1 amide bonds. The van der Waals surface area contributed by atoms with Crippen LogP contribution in [0.3, 0.4) is 0 Å². The van der Waals surface area contributed by atoms with Crippen LogP contribution in [0, 0.1) is 0 Å². The molecule has 5 heteroatoms. The van der Waals surface area contributed by atoms with Gasteiger partial charge in [0.2, 0.25) is 0 Å². The Labute approximate surface area is 90.2 Å². The van der Waals surface area contributed by atoms with Crippen molar-refractivity contribution < 1.29 is 14.6 Å². The summed E-state index contributed by atoms with van der Waals surface area (Å²) >= 11 is 0. The Balaban J connectivity index is 2.22. The third kappa shape index (κ3) is 4.48. The summed E-state index contributed by atoms with van der Waals surface area (Å²) in [6, 6.07) is -0.0579. The van der Waals surface area contributed by atoms with Gasteiger partial charge in [0, 0.05) is 6.54 Å². The van der Waals surface area contributed by atoms with Crippen LogP contribution in [0.15, 0.2) is 0 Å². The summed E-state index contributed by atoms with van der Waals surface area (Å²) in [7, 11) is 0. The highest BCUT2D eigenvalue weighted by atomic mass is 16.6. The second-order valence-corrected chi connectivity index (χ2v) is 4.80. The SMILES string of the molecule is CC(C)(C)OC(=O)NC[C@H]1NCC[C@H]1O. The van der Waals surface area contributed by atoms with E-state index >= 15 is 0 Å². The molecule has 2 atom stereocenters. The maximum Gasteiger partial charge on any atom is 0.407 e. The fourth-order valence-electron chi connectivity index (χ4n) is 1.47. The number of ether oxygens (including phenoxy) is 1. The van der Waals surface area contributed by atoms with E-state index in [1.807, 2.05) is 20.8 Å². The molecular formula is C10H20N2O3. The summed E-state index contributed by atoms with van der Waals surface area (Å²) in [6.45, 7) is 6.64. The number of carbonyl (C=O) groups excluding carboxylic acids is 1. The first-order chi connectivity index (χ1) is 6.88. The fraction of sp³-hybridized carbons (Fsp3) is 0.900. The highest BCUT2D eigenvalue weighted by molar-refractivity contribution is 5.67. The van der Waals surface area contributed by atoms with Crippen molar-refractivity contribution in [1.29, 1.82) is 0 Å². The third-order valence-corrected chi connectivity index (χ3v) is 2.18. The minimum atomic E-state index is -0.480. The van der Waals surface area contributed by atoms with Crippen molar-refractivity contribution in [3.8, 4) is 0 Å². The van der Waals surface area contributed by atoms with E-state index in [0.717, 1.165) is 13.0 Å². The molecule has 0 aromatic carbocycles. The molecule has 1 fully saturated rings. The second kappa shape index (κ2) is 4.81. The van der Waals surface area contributed by atoms with Crippen LogP contribution < -0.4 is 10.6 Å². The van der Waals surface area contributed by atoms with Crippen molar-refractivity contribution in [3.63, 3.8) is 0 Å². The van der Waals surface area contributed by atoms with E-state index in [-0.39, 0.29) is 12.1 Å². The standard InChI is InChI=1S/C10H20N2O3/c1-10(2,3)15-9(14)12-6-7-8(13)4-5-11-7/h7-8,11,13H,4-6H2,1-3H3,(H,12,14)/t7-,8-/m1/s1. The Morgan fingerprint density at radius 1 is 1.60 bits per heavy atom. The number of carbonyl (C=O) groups is 1. The maximum absolute atomic E-state index is 11.3. The molecule has 0 aromatic rings. The van der Waals surface area contributed by atoms with E-state index in [4.69, 9.17) is 4.74 Å². The van der Waals surface area contributed by atoms with Crippen LogP contribution >= 0.6 is 0 Å². The molecule has 0 aromatic heterocycles. The van der Waals surface area contributed by atoms with Crippen LogP contribution in [-0.2, 0) is 4.74 Å². The number of amides is 1. The van der Waals surface area contributed by atoms with E-state index < -0.39 is 11.7 Å². The van der Waals surface area contributed by atoms with Crippen LogP contribution in [0.1, 0.15) is 27.2 Å². The van der Waals surface area contributed by atoms with E-state index in [9.17, 15) is 9.90 Å². The maximum atomic E-state index is 11.3. The number of hydrogen-bond acceptors (Lipinski definition) is 4. The molecule has 1 aliphatic heterocycles. The molecule has 1 saturated heterocycles. The molecule has 1 heterocycles. The van der Waals surface area contributed by atoms with Gasteiger partial charge in [-0.1, -0.05) is 0 Å². The Kier molecular flexibility index (Phi) is 3.93. The molecule has 0 unspecified atom stereocenters. The van der Waals surface area contributed by atoms with Gasteiger partial charge in [0.25, 0.3) is 0 Å².